The van der Waals surface area contributed by atoms with Crippen molar-refractivity contribution in [2.45, 2.75) is 20.3 Å². The fourth-order valence-corrected chi connectivity index (χ4v) is 4.09. The Kier molecular flexibility index (Phi) is 8.01. The molecule has 0 radical (unpaired) electrons. The van der Waals surface area contributed by atoms with Crippen molar-refractivity contribution < 1.29 is 19.0 Å². The Morgan fingerprint density at radius 3 is 2.67 bits per heavy atom. The number of ether oxygens (including phenoxy) is 3. The maximum Gasteiger partial charge on any atom is 0.263 e. The van der Waals surface area contributed by atoms with E-state index in [-0.39, 0.29) is 5.91 Å². The summed E-state index contributed by atoms with van der Waals surface area (Å²) in [6.45, 7) is 5.33. The van der Waals surface area contributed by atoms with Gasteiger partial charge in [0.15, 0.2) is 11.5 Å². The molecule has 5 nitrogen and oxygen atoms in total. The predicted octanol–water partition coefficient (Wildman–Crippen LogP) is 5.38. The number of thiocarbonyl (C=S) groups is 1. The first-order valence-electron chi connectivity index (χ1n) is 9.49. The van der Waals surface area contributed by atoms with E-state index >= 15 is 0 Å². The number of aryl methyl sites for hydroxylation is 1. The van der Waals surface area contributed by atoms with Crippen molar-refractivity contribution >= 4 is 51.9 Å². The number of carbonyl (C=O) groups excluding carboxylic acids is 1. The van der Waals surface area contributed by atoms with Crippen molar-refractivity contribution in [3.63, 3.8) is 0 Å². The Labute approximate surface area is 190 Å². The summed E-state index contributed by atoms with van der Waals surface area (Å²) in [7, 11) is 0. The number of nitrogens with one attached hydrogen (secondary N) is 1. The topological polar surface area (TPSA) is 56.8 Å². The van der Waals surface area contributed by atoms with Gasteiger partial charge < -0.3 is 19.5 Å². The van der Waals surface area contributed by atoms with E-state index in [1.807, 2.05) is 38.1 Å². The zero-order valence-electron chi connectivity index (χ0n) is 16.7. The Morgan fingerprint density at radius 2 is 1.97 bits per heavy atom. The van der Waals surface area contributed by atoms with E-state index in [2.05, 4.69) is 5.32 Å². The Morgan fingerprint density at radius 1 is 1.17 bits per heavy atom. The Balaban J connectivity index is 1.63. The molecule has 2 aromatic carbocycles. The maximum atomic E-state index is 11.9. The molecular weight excluding hydrogens is 442 g/mol. The molecule has 1 saturated heterocycles. The van der Waals surface area contributed by atoms with Gasteiger partial charge in [0.1, 0.15) is 10.1 Å². The molecule has 158 valence electrons. The monoisotopic (exact) mass is 463 g/mol. The van der Waals surface area contributed by atoms with Gasteiger partial charge in [-0.15, -0.1) is 0 Å². The van der Waals surface area contributed by atoms with Crippen LogP contribution in [0.3, 0.4) is 0 Å². The molecule has 0 aliphatic carbocycles. The minimum absolute atomic E-state index is 0.215. The normalized spacial score (nSPS) is 14.7. The van der Waals surface area contributed by atoms with Crippen molar-refractivity contribution in [3.8, 4) is 17.2 Å². The molecule has 1 N–H and O–H groups in total. The quantitative estimate of drug-likeness (QED) is 0.306. The highest BCUT2D eigenvalue weighted by Gasteiger charge is 2.22. The standard InChI is InChI=1S/C22H22ClNO4S2/c1-3-26-18-12-15(13-19-21(25)24-22(29)30-19)11-17(23)20(18)28-9-5-8-27-16-7-4-6-14(2)10-16/h4,6-7,10-13H,3,5,8-9H2,1-2H3,(H,24,25,29)/b19-13-. The van der Waals surface area contributed by atoms with E-state index in [9.17, 15) is 4.79 Å². The molecule has 0 unspecified atom stereocenters. The van der Waals surface area contributed by atoms with Crippen LogP contribution in [0.1, 0.15) is 24.5 Å². The molecule has 2 aromatic rings. The number of hydrogen-bond acceptors (Lipinski definition) is 6. The van der Waals surface area contributed by atoms with Gasteiger partial charge in [0.05, 0.1) is 29.7 Å². The maximum absolute atomic E-state index is 11.9. The minimum Gasteiger partial charge on any atom is -0.493 e. The van der Waals surface area contributed by atoms with Gasteiger partial charge in [-0.25, -0.2) is 0 Å². The van der Waals surface area contributed by atoms with E-state index in [4.69, 9.17) is 38.0 Å². The molecule has 1 heterocycles. The summed E-state index contributed by atoms with van der Waals surface area (Å²) in [6, 6.07) is 11.5. The van der Waals surface area contributed by atoms with Crippen molar-refractivity contribution in [2.75, 3.05) is 19.8 Å². The van der Waals surface area contributed by atoms with Crippen LogP contribution in [-0.4, -0.2) is 30.0 Å². The van der Waals surface area contributed by atoms with Crippen molar-refractivity contribution in [1.29, 1.82) is 0 Å². The van der Waals surface area contributed by atoms with Crippen LogP contribution in [-0.2, 0) is 4.79 Å². The van der Waals surface area contributed by atoms with Crippen LogP contribution in [0.5, 0.6) is 17.2 Å². The molecule has 0 atom stereocenters. The second-order valence-corrected chi connectivity index (χ2v) is 8.61. The summed E-state index contributed by atoms with van der Waals surface area (Å²) in [6.07, 6.45) is 2.42. The van der Waals surface area contributed by atoms with E-state index in [0.29, 0.717) is 52.0 Å². The molecule has 0 spiro atoms. The van der Waals surface area contributed by atoms with Crippen molar-refractivity contribution in [1.82, 2.24) is 5.32 Å². The van der Waals surface area contributed by atoms with Crippen LogP contribution in [0.4, 0.5) is 0 Å². The second-order valence-electron chi connectivity index (χ2n) is 6.48. The van der Waals surface area contributed by atoms with Crippen LogP contribution in [0.2, 0.25) is 5.02 Å². The van der Waals surface area contributed by atoms with Crippen LogP contribution in [0.15, 0.2) is 41.3 Å². The summed E-state index contributed by atoms with van der Waals surface area (Å²) in [5, 5.41) is 3.01. The smallest absolute Gasteiger partial charge is 0.263 e. The van der Waals surface area contributed by atoms with Gasteiger partial charge in [0.2, 0.25) is 0 Å². The highest BCUT2D eigenvalue weighted by Crippen LogP contribution is 2.38. The molecule has 30 heavy (non-hydrogen) atoms. The van der Waals surface area contributed by atoms with E-state index in [1.54, 1.807) is 18.2 Å². The van der Waals surface area contributed by atoms with Gasteiger partial charge in [0, 0.05) is 6.42 Å². The minimum atomic E-state index is -0.215. The number of hydrogen-bond donors (Lipinski definition) is 1. The number of thioether (sulfide) groups is 1. The number of benzene rings is 2. The van der Waals surface area contributed by atoms with Gasteiger partial charge in [0.25, 0.3) is 5.91 Å². The van der Waals surface area contributed by atoms with Crippen molar-refractivity contribution in [2.24, 2.45) is 0 Å². The molecule has 1 amide bonds. The SMILES string of the molecule is CCOc1cc(/C=C2\SC(=S)NC2=O)cc(Cl)c1OCCCOc1cccc(C)c1. The summed E-state index contributed by atoms with van der Waals surface area (Å²) < 4.78 is 17.8. The second kappa shape index (κ2) is 10.7. The van der Waals surface area contributed by atoms with Gasteiger partial charge in [-0.3, -0.25) is 4.79 Å². The van der Waals surface area contributed by atoms with E-state index in [1.165, 1.54) is 11.8 Å². The van der Waals surface area contributed by atoms with Gasteiger partial charge in [-0.1, -0.05) is 47.7 Å². The zero-order chi connectivity index (χ0) is 21.5. The third-order valence-corrected chi connectivity index (χ3v) is 5.51. The number of amides is 1. The molecule has 1 fully saturated rings. The predicted molar refractivity (Wildman–Crippen MR) is 126 cm³/mol. The van der Waals surface area contributed by atoms with Crippen LogP contribution in [0.25, 0.3) is 6.08 Å². The largest absolute Gasteiger partial charge is 0.493 e. The Bertz CT molecular complexity index is 978. The third-order valence-electron chi connectivity index (χ3n) is 4.06. The molecule has 0 saturated carbocycles. The molecular formula is C22H22ClNO4S2. The van der Waals surface area contributed by atoms with Crippen LogP contribution < -0.4 is 19.5 Å². The summed E-state index contributed by atoms with van der Waals surface area (Å²) >= 11 is 12.7. The van der Waals surface area contributed by atoms with Gasteiger partial charge >= 0.3 is 0 Å². The summed E-state index contributed by atoms with van der Waals surface area (Å²) in [4.78, 5) is 12.4. The van der Waals surface area contributed by atoms with Crippen LogP contribution >= 0.6 is 35.6 Å². The van der Waals surface area contributed by atoms with Gasteiger partial charge in [-0.2, -0.15) is 0 Å². The first kappa shape index (κ1) is 22.5. The number of halogens is 1. The molecule has 8 heteroatoms. The molecule has 0 aromatic heterocycles. The lowest BCUT2D eigenvalue weighted by Crippen LogP contribution is -2.17. The average molecular weight is 464 g/mol. The van der Waals surface area contributed by atoms with E-state index < -0.39 is 0 Å². The van der Waals surface area contributed by atoms with Crippen molar-refractivity contribution in [3.05, 3.63) is 57.5 Å². The van der Waals surface area contributed by atoms with Crippen LogP contribution in [0, 0.1) is 6.92 Å². The summed E-state index contributed by atoms with van der Waals surface area (Å²) in [5.41, 5.74) is 1.89. The summed E-state index contributed by atoms with van der Waals surface area (Å²) in [5.74, 6) is 1.64. The molecule has 0 bridgehead atoms. The lowest BCUT2D eigenvalue weighted by atomic mass is 10.2. The number of carbonyl (C=O) groups is 1. The zero-order valence-corrected chi connectivity index (χ0v) is 19.1. The van der Waals surface area contributed by atoms with E-state index in [0.717, 1.165) is 16.9 Å². The fourth-order valence-electron chi connectivity index (χ4n) is 2.78. The average Bonchev–Trinajstić information content (AvgIpc) is 3.00. The highest BCUT2D eigenvalue weighted by molar-refractivity contribution is 8.26. The lowest BCUT2D eigenvalue weighted by Gasteiger charge is -2.15. The molecule has 1 aliphatic heterocycles. The molecule has 3 rings (SSSR count). The Hall–Kier alpha value is -2.22. The molecule has 1 aliphatic rings. The third kappa shape index (κ3) is 6.14. The first-order valence-corrected chi connectivity index (χ1v) is 11.1. The lowest BCUT2D eigenvalue weighted by molar-refractivity contribution is -0.115. The first-order chi connectivity index (χ1) is 14.5. The number of rotatable bonds is 9. The fraction of sp³-hybridized carbons (Fsp3) is 0.273. The van der Waals surface area contributed by atoms with Gasteiger partial charge in [-0.05, 0) is 55.3 Å². The highest BCUT2D eigenvalue weighted by atomic mass is 35.5.